The minimum Gasteiger partial charge on any atom is -0.454 e. The number of piperazine rings is 1. The Morgan fingerprint density at radius 2 is 2.00 bits per heavy atom. The van der Waals surface area contributed by atoms with E-state index in [1.807, 2.05) is 0 Å². The third-order valence-corrected chi connectivity index (χ3v) is 4.23. The highest BCUT2D eigenvalue weighted by molar-refractivity contribution is 5.56. The summed E-state index contributed by atoms with van der Waals surface area (Å²) in [6.07, 6.45) is 1.86. The van der Waals surface area contributed by atoms with Crippen molar-refractivity contribution in [2.45, 2.75) is 25.8 Å². The van der Waals surface area contributed by atoms with Gasteiger partial charge in [-0.05, 0) is 12.5 Å². The summed E-state index contributed by atoms with van der Waals surface area (Å²) in [5.74, 6) is 1.07. The van der Waals surface area contributed by atoms with Crippen molar-refractivity contribution >= 4 is 5.69 Å². The lowest BCUT2D eigenvalue weighted by atomic mass is 9.97. The number of benzene rings is 1. The molecule has 0 spiro atoms. The molecule has 1 N–H and O–H groups in total. The first-order chi connectivity index (χ1) is 10.7. The van der Waals surface area contributed by atoms with E-state index in [-0.39, 0.29) is 23.4 Å². The van der Waals surface area contributed by atoms with Gasteiger partial charge in [-0.15, -0.1) is 0 Å². The van der Waals surface area contributed by atoms with Crippen LogP contribution >= 0.6 is 0 Å². The number of hydrogen-bond acceptors (Lipinski definition) is 6. The monoisotopic (exact) mass is 307 g/mol. The summed E-state index contributed by atoms with van der Waals surface area (Å²) in [6, 6.07) is 3.34. The van der Waals surface area contributed by atoms with Crippen molar-refractivity contribution < 1.29 is 14.4 Å². The van der Waals surface area contributed by atoms with Crippen LogP contribution in [0.2, 0.25) is 0 Å². The quantitative estimate of drug-likeness (QED) is 0.663. The van der Waals surface area contributed by atoms with Crippen molar-refractivity contribution in [3.63, 3.8) is 0 Å². The average molecular weight is 307 g/mol. The van der Waals surface area contributed by atoms with E-state index in [2.05, 4.69) is 17.1 Å². The zero-order chi connectivity index (χ0) is 15.5. The highest BCUT2D eigenvalue weighted by Gasteiger charge is 2.31. The van der Waals surface area contributed by atoms with Crippen LogP contribution in [0.5, 0.6) is 11.5 Å². The minimum atomic E-state index is -0.317. The van der Waals surface area contributed by atoms with Gasteiger partial charge < -0.3 is 14.8 Å². The van der Waals surface area contributed by atoms with Crippen LogP contribution in [-0.4, -0.2) is 42.8 Å². The molecule has 1 aromatic rings. The number of ether oxygens (including phenoxy) is 2. The molecule has 0 amide bonds. The lowest BCUT2D eigenvalue weighted by molar-refractivity contribution is -0.386. The van der Waals surface area contributed by atoms with Crippen LogP contribution < -0.4 is 14.8 Å². The molecule has 2 aliphatic rings. The fourth-order valence-corrected chi connectivity index (χ4v) is 3.17. The number of fused-ring (bicyclic) bond motifs is 1. The minimum absolute atomic E-state index is 0.0435. The highest BCUT2D eigenvalue weighted by Crippen LogP contribution is 2.42. The number of nitrogens with one attached hydrogen (secondary N) is 1. The van der Waals surface area contributed by atoms with E-state index in [4.69, 9.17) is 9.47 Å². The Balaban J connectivity index is 2.00. The summed E-state index contributed by atoms with van der Waals surface area (Å²) in [6.45, 7) is 5.86. The molecule has 3 rings (SSSR count). The van der Waals surface area contributed by atoms with Crippen molar-refractivity contribution in [1.29, 1.82) is 0 Å². The first-order valence-corrected chi connectivity index (χ1v) is 7.73. The molecule has 1 aromatic carbocycles. The van der Waals surface area contributed by atoms with E-state index in [9.17, 15) is 10.1 Å². The Morgan fingerprint density at radius 3 is 2.64 bits per heavy atom. The van der Waals surface area contributed by atoms with Gasteiger partial charge in [0.05, 0.1) is 16.6 Å². The van der Waals surface area contributed by atoms with Crippen LogP contribution in [0.4, 0.5) is 5.69 Å². The second kappa shape index (κ2) is 6.50. The number of nitro benzene ring substituents is 1. The molecule has 0 aromatic heterocycles. The summed E-state index contributed by atoms with van der Waals surface area (Å²) >= 11 is 0. The van der Waals surface area contributed by atoms with Crippen LogP contribution in [0.3, 0.4) is 0 Å². The Kier molecular flexibility index (Phi) is 4.44. The Hall–Kier alpha value is -1.86. The van der Waals surface area contributed by atoms with E-state index in [1.54, 1.807) is 6.07 Å². The number of rotatable bonds is 5. The molecule has 0 saturated carbocycles. The SMILES string of the molecule is CCC[C@@H](c1cc2c(cc1[N+](=O)[O-])OCO2)N1CCNCC1. The lowest BCUT2D eigenvalue weighted by Crippen LogP contribution is -2.45. The van der Waals surface area contributed by atoms with Gasteiger partial charge in [0.25, 0.3) is 5.69 Å². The summed E-state index contributed by atoms with van der Waals surface area (Å²) < 4.78 is 10.7. The third kappa shape index (κ3) is 2.86. The summed E-state index contributed by atoms with van der Waals surface area (Å²) in [4.78, 5) is 13.5. The van der Waals surface area contributed by atoms with Gasteiger partial charge >= 0.3 is 0 Å². The molecule has 120 valence electrons. The molecule has 0 radical (unpaired) electrons. The second-order valence-corrected chi connectivity index (χ2v) is 5.61. The molecule has 1 fully saturated rings. The molecule has 0 bridgehead atoms. The van der Waals surface area contributed by atoms with E-state index in [0.29, 0.717) is 11.5 Å². The van der Waals surface area contributed by atoms with Crippen molar-refractivity contribution in [3.05, 3.63) is 27.8 Å². The average Bonchev–Trinajstić information content (AvgIpc) is 2.99. The van der Waals surface area contributed by atoms with Gasteiger partial charge in [-0.2, -0.15) is 0 Å². The topological polar surface area (TPSA) is 76.9 Å². The van der Waals surface area contributed by atoms with Crippen LogP contribution in [0.1, 0.15) is 31.4 Å². The van der Waals surface area contributed by atoms with Crippen molar-refractivity contribution in [3.8, 4) is 11.5 Å². The molecular weight excluding hydrogens is 286 g/mol. The largest absolute Gasteiger partial charge is 0.454 e. The van der Waals surface area contributed by atoms with Crippen molar-refractivity contribution in [1.82, 2.24) is 10.2 Å². The van der Waals surface area contributed by atoms with Gasteiger partial charge in [-0.1, -0.05) is 13.3 Å². The van der Waals surface area contributed by atoms with Crippen molar-refractivity contribution in [2.24, 2.45) is 0 Å². The number of nitro groups is 1. The first kappa shape index (κ1) is 15.1. The lowest BCUT2D eigenvalue weighted by Gasteiger charge is -2.35. The van der Waals surface area contributed by atoms with E-state index in [1.165, 1.54) is 6.07 Å². The maximum Gasteiger partial charge on any atom is 0.278 e. The summed E-state index contributed by atoms with van der Waals surface area (Å²) in [5.41, 5.74) is 0.860. The van der Waals surface area contributed by atoms with Crippen LogP contribution in [0.25, 0.3) is 0 Å². The zero-order valence-corrected chi connectivity index (χ0v) is 12.7. The van der Waals surface area contributed by atoms with Crippen LogP contribution in [0.15, 0.2) is 12.1 Å². The number of hydrogen-bond donors (Lipinski definition) is 1. The maximum absolute atomic E-state index is 11.5. The first-order valence-electron chi connectivity index (χ1n) is 7.73. The molecule has 7 heteroatoms. The molecule has 2 heterocycles. The molecule has 1 atom stereocenters. The smallest absolute Gasteiger partial charge is 0.278 e. The second-order valence-electron chi connectivity index (χ2n) is 5.61. The molecule has 0 aliphatic carbocycles. The van der Waals surface area contributed by atoms with Gasteiger partial charge in [0.2, 0.25) is 6.79 Å². The fourth-order valence-electron chi connectivity index (χ4n) is 3.17. The van der Waals surface area contributed by atoms with Crippen molar-refractivity contribution in [2.75, 3.05) is 33.0 Å². The highest BCUT2D eigenvalue weighted by atomic mass is 16.7. The number of nitrogens with zero attached hydrogens (tertiary/aromatic N) is 2. The van der Waals surface area contributed by atoms with Gasteiger partial charge in [-0.3, -0.25) is 15.0 Å². The van der Waals surface area contributed by atoms with E-state index < -0.39 is 0 Å². The summed E-state index contributed by atoms with van der Waals surface area (Å²) in [7, 11) is 0. The fraction of sp³-hybridized carbons (Fsp3) is 0.600. The molecule has 2 aliphatic heterocycles. The van der Waals surface area contributed by atoms with E-state index in [0.717, 1.165) is 44.6 Å². The normalized spacial score (nSPS) is 19.1. The van der Waals surface area contributed by atoms with Gasteiger partial charge in [0.1, 0.15) is 0 Å². The standard InChI is InChI=1S/C15H21N3O4/c1-2-3-12(17-6-4-16-5-7-17)11-8-14-15(22-10-21-14)9-13(11)18(19)20/h8-9,12,16H,2-7,10H2,1H3/t12-/m0/s1. The van der Waals surface area contributed by atoms with Crippen LogP contribution in [-0.2, 0) is 0 Å². The maximum atomic E-state index is 11.5. The van der Waals surface area contributed by atoms with E-state index >= 15 is 0 Å². The molecule has 1 saturated heterocycles. The zero-order valence-electron chi connectivity index (χ0n) is 12.7. The van der Waals surface area contributed by atoms with Gasteiger partial charge in [-0.25, -0.2) is 0 Å². The predicted molar refractivity (Wildman–Crippen MR) is 81.3 cm³/mol. The third-order valence-electron chi connectivity index (χ3n) is 4.23. The Morgan fingerprint density at radius 1 is 1.32 bits per heavy atom. The van der Waals surface area contributed by atoms with Crippen LogP contribution in [0, 0.1) is 10.1 Å². The Bertz CT molecular complexity index is 558. The molecular formula is C15H21N3O4. The predicted octanol–water partition coefficient (Wildman–Crippen LogP) is 2.07. The molecule has 22 heavy (non-hydrogen) atoms. The van der Waals surface area contributed by atoms with Gasteiger partial charge in [0.15, 0.2) is 11.5 Å². The molecule has 7 nitrogen and oxygen atoms in total. The molecule has 0 unspecified atom stereocenters. The summed E-state index contributed by atoms with van der Waals surface area (Å²) in [5, 5.41) is 14.8. The van der Waals surface area contributed by atoms with Gasteiger partial charge in [0, 0.05) is 32.2 Å². The Labute approximate surface area is 129 Å².